The van der Waals surface area contributed by atoms with Crippen molar-refractivity contribution in [3.8, 4) is 5.88 Å². The Labute approximate surface area is 71.1 Å². The van der Waals surface area contributed by atoms with Crippen LogP contribution < -0.4 is 0 Å². The third kappa shape index (κ3) is 0.881. The number of fused-ring (bicyclic) bond motifs is 1. The summed E-state index contributed by atoms with van der Waals surface area (Å²) in [4.78, 5) is 0. The maximum atomic E-state index is 9.55. The van der Waals surface area contributed by atoms with E-state index in [4.69, 9.17) is 0 Å². The van der Waals surface area contributed by atoms with Crippen LogP contribution in [0, 0.1) is 6.92 Å². The summed E-state index contributed by atoms with van der Waals surface area (Å²) in [7, 11) is 1.84. The molecule has 1 aromatic carbocycles. The van der Waals surface area contributed by atoms with Gasteiger partial charge in [0.05, 0.1) is 0 Å². The van der Waals surface area contributed by atoms with E-state index in [-0.39, 0.29) is 0 Å². The molecule has 12 heavy (non-hydrogen) atoms. The molecular weight excluding hydrogens is 150 g/mol. The molecule has 0 aliphatic rings. The Balaban J connectivity index is 2.87. The SMILES string of the molecule is Cc1ccc2c(O)n(C)cc2c1. The summed E-state index contributed by atoms with van der Waals surface area (Å²) in [5.74, 6) is 0.338. The summed E-state index contributed by atoms with van der Waals surface area (Å²) in [5.41, 5.74) is 1.22. The summed E-state index contributed by atoms with van der Waals surface area (Å²) in [6.45, 7) is 2.05. The van der Waals surface area contributed by atoms with Crippen LogP contribution in [0.3, 0.4) is 0 Å². The fourth-order valence-electron chi connectivity index (χ4n) is 1.45. The first-order valence-corrected chi connectivity index (χ1v) is 3.93. The minimum Gasteiger partial charge on any atom is -0.494 e. The molecule has 1 N–H and O–H groups in total. The van der Waals surface area contributed by atoms with Crippen molar-refractivity contribution in [3.05, 3.63) is 30.0 Å². The van der Waals surface area contributed by atoms with Crippen molar-refractivity contribution in [2.75, 3.05) is 0 Å². The van der Waals surface area contributed by atoms with Crippen LogP contribution in [0.4, 0.5) is 0 Å². The summed E-state index contributed by atoms with van der Waals surface area (Å²) >= 11 is 0. The van der Waals surface area contributed by atoms with Crippen molar-refractivity contribution in [2.45, 2.75) is 6.92 Å². The summed E-state index contributed by atoms with van der Waals surface area (Å²) in [5, 5.41) is 11.6. The van der Waals surface area contributed by atoms with Gasteiger partial charge in [-0.05, 0) is 19.1 Å². The number of rotatable bonds is 0. The van der Waals surface area contributed by atoms with E-state index in [2.05, 4.69) is 6.07 Å². The highest BCUT2D eigenvalue weighted by Gasteiger charge is 2.03. The standard InChI is InChI=1S/C10H11NO/c1-7-3-4-9-8(5-7)6-11(2)10(9)12/h3-6,12H,1-2H3. The average molecular weight is 161 g/mol. The van der Waals surface area contributed by atoms with E-state index in [1.54, 1.807) is 4.57 Å². The minimum absolute atomic E-state index is 0.338. The Kier molecular flexibility index (Phi) is 1.37. The van der Waals surface area contributed by atoms with Crippen molar-refractivity contribution in [1.29, 1.82) is 0 Å². The molecule has 1 aromatic heterocycles. The predicted molar refractivity (Wildman–Crippen MR) is 49.3 cm³/mol. The first kappa shape index (κ1) is 7.22. The first-order chi connectivity index (χ1) is 5.68. The summed E-state index contributed by atoms with van der Waals surface area (Å²) in [6.07, 6.45) is 1.93. The van der Waals surface area contributed by atoms with Crippen LogP contribution in [0.15, 0.2) is 24.4 Å². The number of aryl methyl sites for hydroxylation is 2. The van der Waals surface area contributed by atoms with E-state index in [1.807, 2.05) is 32.3 Å². The van der Waals surface area contributed by atoms with Crippen molar-refractivity contribution < 1.29 is 5.11 Å². The van der Waals surface area contributed by atoms with Gasteiger partial charge in [0.25, 0.3) is 0 Å². The predicted octanol–water partition coefficient (Wildman–Crippen LogP) is 2.19. The van der Waals surface area contributed by atoms with Crippen LogP contribution in [0.2, 0.25) is 0 Å². The minimum atomic E-state index is 0.338. The quantitative estimate of drug-likeness (QED) is 0.629. The van der Waals surface area contributed by atoms with Crippen molar-refractivity contribution >= 4 is 10.8 Å². The highest BCUT2D eigenvalue weighted by molar-refractivity contribution is 5.88. The van der Waals surface area contributed by atoms with Gasteiger partial charge in [-0.3, -0.25) is 0 Å². The molecule has 0 unspecified atom stereocenters. The Morgan fingerprint density at radius 2 is 2.08 bits per heavy atom. The second-order valence-electron chi connectivity index (χ2n) is 3.15. The van der Waals surface area contributed by atoms with E-state index in [0.29, 0.717) is 5.88 Å². The van der Waals surface area contributed by atoms with Crippen LogP contribution in [0.5, 0.6) is 5.88 Å². The third-order valence-electron chi connectivity index (χ3n) is 2.11. The molecule has 0 aliphatic heterocycles. The van der Waals surface area contributed by atoms with Gasteiger partial charge in [-0.2, -0.15) is 0 Å². The second-order valence-corrected chi connectivity index (χ2v) is 3.15. The monoisotopic (exact) mass is 161 g/mol. The largest absolute Gasteiger partial charge is 0.494 e. The lowest BCUT2D eigenvalue weighted by Gasteiger charge is -1.93. The van der Waals surface area contributed by atoms with Crippen LogP contribution in [0.25, 0.3) is 10.8 Å². The molecule has 0 saturated heterocycles. The third-order valence-corrected chi connectivity index (χ3v) is 2.11. The molecule has 0 bridgehead atoms. The zero-order valence-corrected chi connectivity index (χ0v) is 7.20. The molecule has 0 fully saturated rings. The highest BCUT2D eigenvalue weighted by atomic mass is 16.3. The lowest BCUT2D eigenvalue weighted by Crippen LogP contribution is -1.80. The Hall–Kier alpha value is -1.44. The topological polar surface area (TPSA) is 25.2 Å². The van der Waals surface area contributed by atoms with Crippen LogP contribution in [0.1, 0.15) is 5.56 Å². The van der Waals surface area contributed by atoms with Crippen LogP contribution >= 0.6 is 0 Å². The maximum absolute atomic E-state index is 9.55. The molecule has 2 heteroatoms. The molecule has 0 spiro atoms. The molecule has 2 nitrogen and oxygen atoms in total. The molecule has 1 heterocycles. The zero-order valence-electron chi connectivity index (χ0n) is 7.20. The molecule has 2 aromatic rings. The van der Waals surface area contributed by atoms with Gasteiger partial charge < -0.3 is 9.67 Å². The molecular formula is C10H11NO. The summed E-state index contributed by atoms with van der Waals surface area (Å²) < 4.78 is 1.73. The van der Waals surface area contributed by atoms with E-state index < -0.39 is 0 Å². The van der Waals surface area contributed by atoms with Crippen LogP contribution in [-0.2, 0) is 7.05 Å². The molecule has 62 valence electrons. The Bertz CT molecular complexity index is 429. The van der Waals surface area contributed by atoms with Gasteiger partial charge in [-0.25, -0.2) is 0 Å². The van der Waals surface area contributed by atoms with Crippen LogP contribution in [-0.4, -0.2) is 9.67 Å². The van der Waals surface area contributed by atoms with Gasteiger partial charge >= 0.3 is 0 Å². The van der Waals surface area contributed by atoms with Gasteiger partial charge in [0.15, 0.2) is 5.88 Å². The number of nitrogens with zero attached hydrogens (tertiary/aromatic N) is 1. The molecule has 2 rings (SSSR count). The van der Waals surface area contributed by atoms with Gasteiger partial charge in [0.2, 0.25) is 0 Å². The lowest BCUT2D eigenvalue weighted by molar-refractivity contribution is 0.438. The lowest BCUT2D eigenvalue weighted by atomic mass is 10.1. The highest BCUT2D eigenvalue weighted by Crippen LogP contribution is 2.26. The van der Waals surface area contributed by atoms with Gasteiger partial charge in [0, 0.05) is 24.0 Å². The van der Waals surface area contributed by atoms with E-state index in [0.717, 1.165) is 10.8 Å². The maximum Gasteiger partial charge on any atom is 0.198 e. The number of hydrogen-bond donors (Lipinski definition) is 1. The number of aromatic nitrogens is 1. The average Bonchev–Trinajstić information content (AvgIpc) is 2.28. The Morgan fingerprint density at radius 1 is 1.33 bits per heavy atom. The van der Waals surface area contributed by atoms with E-state index in [1.165, 1.54) is 5.56 Å². The normalized spacial score (nSPS) is 10.8. The fraction of sp³-hybridized carbons (Fsp3) is 0.200. The molecule has 0 saturated carbocycles. The second kappa shape index (κ2) is 2.27. The molecule has 0 aliphatic carbocycles. The van der Waals surface area contributed by atoms with Crippen molar-refractivity contribution in [3.63, 3.8) is 0 Å². The first-order valence-electron chi connectivity index (χ1n) is 3.93. The van der Waals surface area contributed by atoms with Gasteiger partial charge in [-0.15, -0.1) is 0 Å². The van der Waals surface area contributed by atoms with Gasteiger partial charge in [0.1, 0.15) is 0 Å². The number of benzene rings is 1. The van der Waals surface area contributed by atoms with Crippen molar-refractivity contribution in [2.24, 2.45) is 7.05 Å². The van der Waals surface area contributed by atoms with Crippen molar-refractivity contribution in [1.82, 2.24) is 4.57 Å². The van der Waals surface area contributed by atoms with Gasteiger partial charge in [-0.1, -0.05) is 11.6 Å². The Morgan fingerprint density at radius 3 is 2.83 bits per heavy atom. The van der Waals surface area contributed by atoms with E-state index in [9.17, 15) is 5.11 Å². The fourth-order valence-corrected chi connectivity index (χ4v) is 1.45. The number of aromatic hydroxyl groups is 1. The van der Waals surface area contributed by atoms with E-state index >= 15 is 0 Å². The summed E-state index contributed by atoms with van der Waals surface area (Å²) in [6, 6.07) is 6.01. The molecule has 0 atom stereocenters. The molecule has 0 amide bonds. The number of hydrogen-bond acceptors (Lipinski definition) is 1. The molecule has 0 radical (unpaired) electrons. The smallest absolute Gasteiger partial charge is 0.198 e. The zero-order chi connectivity index (χ0) is 8.72.